The third kappa shape index (κ3) is 7.55. The average Bonchev–Trinajstić information content (AvgIpc) is 1.82. The second kappa shape index (κ2) is 6.37. The molecule has 0 spiro atoms. The summed E-state index contributed by atoms with van der Waals surface area (Å²) >= 11 is 0. The molecule has 0 aromatic carbocycles. The summed E-state index contributed by atoms with van der Waals surface area (Å²) in [5, 5.41) is 10.8. The Balaban J connectivity index is 0. The maximum Gasteiger partial charge on any atom is 0.339 e. The largest absolute Gasteiger partial charge is 0.479 e. The Morgan fingerprint density at radius 2 is 2.09 bits per heavy atom. The van der Waals surface area contributed by atoms with Crippen LogP contribution in [0.1, 0.15) is 13.8 Å². The Morgan fingerprint density at radius 1 is 1.64 bits per heavy atom. The molecule has 3 nitrogen and oxygen atoms in total. The van der Waals surface area contributed by atoms with Crippen LogP contribution in [-0.4, -0.2) is 29.8 Å². The number of rotatable bonds is 4. The van der Waals surface area contributed by atoms with Crippen LogP contribution in [0, 0.1) is 0 Å². The maximum atomic E-state index is 12.2. The van der Waals surface area contributed by atoms with Crippen LogP contribution in [0.5, 0.6) is 0 Å². The van der Waals surface area contributed by atoms with E-state index in [1.165, 1.54) is 0 Å². The van der Waals surface area contributed by atoms with Crippen molar-refractivity contribution in [3.63, 3.8) is 0 Å². The van der Waals surface area contributed by atoms with E-state index in [9.17, 15) is 9.18 Å². The summed E-state index contributed by atoms with van der Waals surface area (Å²) < 4.78 is 12.2. The van der Waals surface area contributed by atoms with Crippen molar-refractivity contribution in [1.82, 2.24) is 5.32 Å². The van der Waals surface area contributed by atoms with Crippen LogP contribution in [-0.2, 0) is 4.79 Å². The van der Waals surface area contributed by atoms with Gasteiger partial charge in [-0.3, -0.25) is 0 Å². The second-order valence-corrected chi connectivity index (χ2v) is 2.37. The summed E-state index contributed by atoms with van der Waals surface area (Å²) in [6, 6.07) is 0.123. The van der Waals surface area contributed by atoms with E-state index in [4.69, 9.17) is 5.11 Å². The maximum absolute atomic E-state index is 12.2. The van der Waals surface area contributed by atoms with Gasteiger partial charge in [0.2, 0.25) is 6.17 Å². The molecule has 68 valence electrons. The standard InChI is InChI=1S/C6H12FNO2.ClH/c1-4(2)8-3-5(7)6(9)10;/h4-5,8H,3H2,1-2H3,(H,9,10);1H/t5-;/m1./s1. The fourth-order valence-corrected chi connectivity index (χ4v) is 0.426. The van der Waals surface area contributed by atoms with Gasteiger partial charge in [-0.2, -0.15) is 0 Å². The molecule has 0 rings (SSSR count). The predicted octanol–water partition coefficient (Wildman–Crippen LogP) is 0.829. The Bertz CT molecular complexity index is 121. The number of hydrogen-bond acceptors (Lipinski definition) is 2. The van der Waals surface area contributed by atoms with Crippen molar-refractivity contribution in [1.29, 1.82) is 0 Å². The number of halogens is 2. The summed E-state index contributed by atoms with van der Waals surface area (Å²) in [5.41, 5.74) is 0. The molecule has 0 saturated heterocycles. The summed E-state index contributed by atoms with van der Waals surface area (Å²) in [6.07, 6.45) is -1.79. The van der Waals surface area contributed by atoms with E-state index >= 15 is 0 Å². The van der Waals surface area contributed by atoms with E-state index in [2.05, 4.69) is 5.32 Å². The topological polar surface area (TPSA) is 49.3 Å². The number of carboxylic acid groups (broad SMARTS) is 1. The van der Waals surface area contributed by atoms with Crippen LogP contribution in [0.25, 0.3) is 0 Å². The first-order chi connectivity index (χ1) is 4.54. The molecule has 0 aliphatic carbocycles. The highest BCUT2D eigenvalue weighted by molar-refractivity contribution is 5.85. The Kier molecular flexibility index (Phi) is 7.67. The lowest BCUT2D eigenvalue weighted by Crippen LogP contribution is -2.33. The highest BCUT2D eigenvalue weighted by Crippen LogP contribution is 1.88. The molecule has 0 aliphatic heterocycles. The van der Waals surface area contributed by atoms with Gasteiger partial charge in [0, 0.05) is 12.6 Å². The summed E-state index contributed by atoms with van der Waals surface area (Å²) in [4.78, 5) is 9.90. The van der Waals surface area contributed by atoms with Crippen LogP contribution in [0.15, 0.2) is 0 Å². The second-order valence-electron chi connectivity index (χ2n) is 2.37. The number of nitrogens with one attached hydrogen (secondary N) is 1. The minimum atomic E-state index is -1.79. The fourth-order valence-electron chi connectivity index (χ4n) is 0.426. The third-order valence-corrected chi connectivity index (χ3v) is 0.973. The SMILES string of the molecule is CC(C)NC[C@@H](F)C(=O)O.Cl. The van der Waals surface area contributed by atoms with Gasteiger partial charge in [0.1, 0.15) is 0 Å². The average molecular weight is 186 g/mol. The fraction of sp³-hybridized carbons (Fsp3) is 0.833. The van der Waals surface area contributed by atoms with Crippen molar-refractivity contribution >= 4 is 18.4 Å². The molecule has 0 amide bonds. The van der Waals surface area contributed by atoms with Gasteiger partial charge in [-0.05, 0) is 0 Å². The van der Waals surface area contributed by atoms with Gasteiger partial charge in [0.15, 0.2) is 0 Å². The zero-order valence-corrected chi connectivity index (χ0v) is 7.32. The lowest BCUT2D eigenvalue weighted by atomic mass is 10.3. The van der Waals surface area contributed by atoms with Crippen LogP contribution in [0.2, 0.25) is 0 Å². The van der Waals surface area contributed by atoms with Gasteiger partial charge < -0.3 is 10.4 Å². The molecule has 0 unspecified atom stereocenters. The Hall–Kier alpha value is -0.350. The van der Waals surface area contributed by atoms with Gasteiger partial charge in [0.05, 0.1) is 0 Å². The molecule has 5 heteroatoms. The van der Waals surface area contributed by atoms with Crippen LogP contribution < -0.4 is 5.32 Å². The zero-order chi connectivity index (χ0) is 8.15. The molecule has 0 saturated carbocycles. The summed E-state index contributed by atoms with van der Waals surface area (Å²) in [7, 11) is 0. The first-order valence-corrected chi connectivity index (χ1v) is 3.14. The van der Waals surface area contributed by atoms with Crippen LogP contribution in [0.3, 0.4) is 0 Å². The quantitative estimate of drug-likeness (QED) is 0.682. The van der Waals surface area contributed by atoms with Crippen molar-refractivity contribution in [2.75, 3.05) is 6.54 Å². The molecule has 0 bridgehead atoms. The number of carbonyl (C=O) groups is 1. The van der Waals surface area contributed by atoms with E-state index in [0.717, 1.165) is 0 Å². The zero-order valence-electron chi connectivity index (χ0n) is 6.50. The van der Waals surface area contributed by atoms with Gasteiger partial charge in [-0.1, -0.05) is 13.8 Å². The molecule has 1 atom stereocenters. The monoisotopic (exact) mass is 185 g/mol. The molecule has 0 radical (unpaired) electrons. The van der Waals surface area contributed by atoms with Crippen molar-refractivity contribution < 1.29 is 14.3 Å². The van der Waals surface area contributed by atoms with Gasteiger partial charge in [-0.25, -0.2) is 9.18 Å². The molecular formula is C6H13ClFNO2. The number of alkyl halides is 1. The lowest BCUT2D eigenvalue weighted by Gasteiger charge is -2.07. The predicted molar refractivity (Wildman–Crippen MR) is 42.9 cm³/mol. The minimum Gasteiger partial charge on any atom is -0.479 e. The number of carboxylic acids is 1. The van der Waals surface area contributed by atoms with E-state index < -0.39 is 12.1 Å². The first kappa shape index (κ1) is 13.3. The van der Waals surface area contributed by atoms with Crippen molar-refractivity contribution in [3.8, 4) is 0 Å². The first-order valence-electron chi connectivity index (χ1n) is 3.14. The van der Waals surface area contributed by atoms with Crippen LogP contribution >= 0.6 is 12.4 Å². The van der Waals surface area contributed by atoms with Gasteiger partial charge in [-0.15, -0.1) is 12.4 Å². The smallest absolute Gasteiger partial charge is 0.339 e. The summed E-state index contributed by atoms with van der Waals surface area (Å²) in [5.74, 6) is -1.41. The lowest BCUT2D eigenvalue weighted by molar-refractivity contribution is -0.142. The Labute approximate surface area is 71.4 Å². The van der Waals surface area contributed by atoms with Crippen LogP contribution in [0.4, 0.5) is 4.39 Å². The number of aliphatic carboxylic acids is 1. The summed E-state index contributed by atoms with van der Waals surface area (Å²) in [6.45, 7) is 3.54. The Morgan fingerprint density at radius 3 is 2.36 bits per heavy atom. The van der Waals surface area contributed by atoms with Crippen molar-refractivity contribution in [2.24, 2.45) is 0 Å². The van der Waals surface area contributed by atoms with Gasteiger partial charge in [0.25, 0.3) is 0 Å². The third-order valence-electron chi connectivity index (χ3n) is 0.973. The molecule has 0 heterocycles. The molecule has 0 aromatic rings. The van der Waals surface area contributed by atoms with Gasteiger partial charge >= 0.3 is 5.97 Å². The molecule has 0 fully saturated rings. The highest BCUT2D eigenvalue weighted by Gasteiger charge is 2.14. The normalized spacial score (nSPS) is 12.4. The van der Waals surface area contributed by atoms with E-state index in [1.54, 1.807) is 0 Å². The van der Waals surface area contributed by atoms with Crippen molar-refractivity contribution in [3.05, 3.63) is 0 Å². The minimum absolute atomic E-state index is 0. The highest BCUT2D eigenvalue weighted by atomic mass is 35.5. The number of hydrogen-bond donors (Lipinski definition) is 2. The molecule has 0 aromatic heterocycles. The van der Waals surface area contributed by atoms with E-state index in [1.807, 2.05) is 13.8 Å². The molecule has 2 N–H and O–H groups in total. The molecular weight excluding hydrogens is 173 g/mol. The van der Waals surface area contributed by atoms with E-state index in [0.29, 0.717) is 0 Å². The van der Waals surface area contributed by atoms with E-state index in [-0.39, 0.29) is 25.0 Å². The van der Waals surface area contributed by atoms with Crippen molar-refractivity contribution in [2.45, 2.75) is 26.1 Å². The molecule has 0 aliphatic rings. The molecule has 11 heavy (non-hydrogen) atoms.